The Labute approximate surface area is 113 Å². The van der Waals surface area contributed by atoms with Gasteiger partial charge in [0, 0.05) is 26.4 Å². The number of carbonyl (C=O) groups excluding carboxylic acids is 1. The van der Waals surface area contributed by atoms with Gasteiger partial charge >= 0.3 is 0 Å². The van der Waals surface area contributed by atoms with Gasteiger partial charge in [-0.3, -0.25) is 9.63 Å². The summed E-state index contributed by atoms with van der Waals surface area (Å²) in [6.45, 7) is 2.23. The number of hydrogen-bond donors (Lipinski definition) is 1. The summed E-state index contributed by atoms with van der Waals surface area (Å²) in [6.07, 6.45) is 4.20. The molecule has 1 spiro atoms. The van der Waals surface area contributed by atoms with Crippen molar-refractivity contribution in [1.82, 2.24) is 5.48 Å². The molecule has 0 unspecified atom stereocenters. The van der Waals surface area contributed by atoms with Gasteiger partial charge in [0.1, 0.15) is 0 Å². The van der Waals surface area contributed by atoms with Gasteiger partial charge in [-0.05, 0) is 18.8 Å². The quantitative estimate of drug-likeness (QED) is 0.578. The lowest BCUT2D eigenvalue weighted by Gasteiger charge is -2.35. The van der Waals surface area contributed by atoms with E-state index >= 15 is 0 Å². The fourth-order valence-corrected chi connectivity index (χ4v) is 2.67. The van der Waals surface area contributed by atoms with Crippen molar-refractivity contribution in [3.8, 4) is 0 Å². The molecule has 6 heteroatoms. The van der Waals surface area contributed by atoms with Crippen LogP contribution in [-0.2, 0) is 23.8 Å². The Balaban J connectivity index is 1.61. The molecule has 1 saturated carbocycles. The highest BCUT2D eigenvalue weighted by Crippen LogP contribution is 2.39. The molecule has 1 aliphatic heterocycles. The van der Waals surface area contributed by atoms with E-state index < -0.39 is 0 Å². The molecule has 110 valence electrons. The predicted molar refractivity (Wildman–Crippen MR) is 67.2 cm³/mol. The van der Waals surface area contributed by atoms with Crippen LogP contribution in [0.2, 0.25) is 0 Å². The number of nitrogens with one attached hydrogen (secondary N) is 1. The van der Waals surface area contributed by atoms with Crippen LogP contribution >= 0.6 is 0 Å². The highest BCUT2D eigenvalue weighted by Gasteiger charge is 2.40. The molecule has 1 heterocycles. The van der Waals surface area contributed by atoms with Crippen LogP contribution in [0, 0.1) is 5.92 Å². The monoisotopic (exact) mass is 273 g/mol. The molecule has 2 rings (SSSR count). The lowest BCUT2D eigenvalue weighted by molar-refractivity contribution is -0.183. The number of rotatable bonds is 6. The third-order valence-corrected chi connectivity index (χ3v) is 3.73. The van der Waals surface area contributed by atoms with E-state index in [-0.39, 0.29) is 11.7 Å². The average molecular weight is 273 g/mol. The second-order valence-corrected chi connectivity index (χ2v) is 5.12. The molecule has 0 aromatic carbocycles. The minimum Gasteiger partial charge on any atom is -0.382 e. The van der Waals surface area contributed by atoms with Gasteiger partial charge in [-0.15, -0.1) is 0 Å². The van der Waals surface area contributed by atoms with E-state index in [1.165, 1.54) is 0 Å². The van der Waals surface area contributed by atoms with Crippen LogP contribution in [-0.4, -0.2) is 45.2 Å². The molecule has 1 amide bonds. The summed E-state index contributed by atoms with van der Waals surface area (Å²) in [5, 5.41) is 0. The topological polar surface area (TPSA) is 66.0 Å². The zero-order chi connectivity index (χ0) is 13.6. The number of hydrogen-bond acceptors (Lipinski definition) is 5. The molecule has 6 nitrogen and oxygen atoms in total. The van der Waals surface area contributed by atoms with Crippen molar-refractivity contribution in [1.29, 1.82) is 0 Å². The molecule has 0 atom stereocenters. The predicted octanol–water partition coefficient (Wildman–Crippen LogP) is 1.00. The maximum atomic E-state index is 11.6. The van der Waals surface area contributed by atoms with Gasteiger partial charge in [0.15, 0.2) is 5.79 Å². The average Bonchev–Trinajstić information content (AvgIpc) is 2.86. The highest BCUT2D eigenvalue weighted by atomic mass is 16.7. The van der Waals surface area contributed by atoms with E-state index in [1.54, 1.807) is 7.11 Å². The first-order valence-electron chi connectivity index (χ1n) is 6.91. The standard InChI is InChI=1S/C13H23NO5/c1-16-6-9-19-14-12(15)10-11-2-4-13(5-3-11)17-7-8-18-13/h11H,2-10H2,1H3,(H,14,15). The van der Waals surface area contributed by atoms with E-state index in [1.807, 2.05) is 0 Å². The first-order valence-corrected chi connectivity index (χ1v) is 6.91. The maximum absolute atomic E-state index is 11.6. The van der Waals surface area contributed by atoms with Crippen molar-refractivity contribution in [2.45, 2.75) is 37.9 Å². The molecule has 0 radical (unpaired) electrons. The molecule has 0 aromatic rings. The van der Waals surface area contributed by atoms with Crippen molar-refractivity contribution in [3.63, 3.8) is 0 Å². The number of methoxy groups -OCH3 is 1. The Kier molecular flexibility index (Phi) is 5.57. The maximum Gasteiger partial charge on any atom is 0.243 e. The van der Waals surface area contributed by atoms with Crippen LogP contribution in [0.1, 0.15) is 32.1 Å². The molecule has 0 bridgehead atoms. The minimum atomic E-state index is -0.345. The zero-order valence-electron chi connectivity index (χ0n) is 11.5. The van der Waals surface area contributed by atoms with E-state index in [2.05, 4.69) is 5.48 Å². The lowest BCUT2D eigenvalue weighted by Crippen LogP contribution is -2.36. The Hall–Kier alpha value is -0.690. The number of hydroxylamine groups is 1. The molecule has 1 aliphatic carbocycles. The SMILES string of the molecule is COCCONC(=O)CC1CCC2(CC1)OCCO2. The van der Waals surface area contributed by atoms with Crippen molar-refractivity contribution in [2.75, 3.05) is 33.5 Å². The normalized spacial score (nSPS) is 22.8. The van der Waals surface area contributed by atoms with Crippen LogP contribution < -0.4 is 5.48 Å². The smallest absolute Gasteiger partial charge is 0.243 e. The van der Waals surface area contributed by atoms with Crippen molar-refractivity contribution >= 4 is 5.91 Å². The summed E-state index contributed by atoms with van der Waals surface area (Å²) in [7, 11) is 1.59. The molecular formula is C13H23NO5. The molecular weight excluding hydrogens is 250 g/mol. The lowest BCUT2D eigenvalue weighted by atomic mass is 9.83. The summed E-state index contributed by atoms with van der Waals surface area (Å²) in [6, 6.07) is 0. The van der Waals surface area contributed by atoms with Crippen LogP contribution in [0.4, 0.5) is 0 Å². The van der Waals surface area contributed by atoms with Crippen molar-refractivity contribution in [2.24, 2.45) is 5.92 Å². The van der Waals surface area contributed by atoms with Gasteiger partial charge < -0.3 is 14.2 Å². The molecule has 0 aromatic heterocycles. The van der Waals surface area contributed by atoms with Gasteiger partial charge in [0.25, 0.3) is 0 Å². The van der Waals surface area contributed by atoms with Crippen LogP contribution in [0.3, 0.4) is 0 Å². The van der Waals surface area contributed by atoms with Gasteiger partial charge in [-0.2, -0.15) is 0 Å². The summed E-state index contributed by atoms with van der Waals surface area (Å²) in [5.74, 6) is -0.0168. The molecule has 19 heavy (non-hydrogen) atoms. The van der Waals surface area contributed by atoms with Crippen LogP contribution in [0.25, 0.3) is 0 Å². The molecule has 2 fully saturated rings. The molecule has 1 N–H and O–H groups in total. The summed E-state index contributed by atoms with van der Waals surface area (Å²) in [4.78, 5) is 16.6. The van der Waals surface area contributed by atoms with Crippen LogP contribution in [0.5, 0.6) is 0 Å². The van der Waals surface area contributed by atoms with Gasteiger partial charge in [0.2, 0.25) is 5.91 Å². The van der Waals surface area contributed by atoms with Crippen molar-refractivity contribution in [3.05, 3.63) is 0 Å². The highest BCUT2D eigenvalue weighted by molar-refractivity contribution is 5.75. The first-order chi connectivity index (χ1) is 9.24. The Morgan fingerprint density at radius 3 is 2.58 bits per heavy atom. The fraction of sp³-hybridized carbons (Fsp3) is 0.923. The number of amides is 1. The minimum absolute atomic E-state index is 0.0645. The van der Waals surface area contributed by atoms with Gasteiger partial charge in [-0.1, -0.05) is 0 Å². The summed E-state index contributed by atoms with van der Waals surface area (Å²) < 4.78 is 16.2. The Morgan fingerprint density at radius 1 is 1.26 bits per heavy atom. The fourth-order valence-electron chi connectivity index (χ4n) is 2.67. The Morgan fingerprint density at radius 2 is 1.95 bits per heavy atom. The second-order valence-electron chi connectivity index (χ2n) is 5.12. The van der Waals surface area contributed by atoms with E-state index in [4.69, 9.17) is 19.0 Å². The summed E-state index contributed by atoms with van der Waals surface area (Å²) >= 11 is 0. The second kappa shape index (κ2) is 7.19. The Bertz CT molecular complexity index is 281. The third-order valence-electron chi connectivity index (χ3n) is 3.73. The number of ether oxygens (including phenoxy) is 3. The van der Waals surface area contributed by atoms with E-state index in [0.29, 0.717) is 38.8 Å². The first kappa shape index (κ1) is 14.7. The van der Waals surface area contributed by atoms with Gasteiger partial charge in [0.05, 0.1) is 26.4 Å². The number of carbonyl (C=O) groups is 1. The molecule has 1 saturated heterocycles. The molecule has 2 aliphatic rings. The van der Waals surface area contributed by atoms with Crippen LogP contribution in [0.15, 0.2) is 0 Å². The van der Waals surface area contributed by atoms with E-state index in [0.717, 1.165) is 25.7 Å². The third kappa shape index (κ3) is 4.42. The summed E-state index contributed by atoms with van der Waals surface area (Å²) in [5.41, 5.74) is 2.44. The largest absolute Gasteiger partial charge is 0.382 e. The van der Waals surface area contributed by atoms with Crippen molar-refractivity contribution < 1.29 is 23.8 Å². The van der Waals surface area contributed by atoms with Gasteiger partial charge in [-0.25, -0.2) is 5.48 Å². The zero-order valence-corrected chi connectivity index (χ0v) is 11.5. The van der Waals surface area contributed by atoms with E-state index in [9.17, 15) is 4.79 Å².